The zero-order valence-corrected chi connectivity index (χ0v) is 10.6. The number of hydrogen-bond acceptors (Lipinski definition) is 7. The molecule has 1 saturated heterocycles. The summed E-state index contributed by atoms with van der Waals surface area (Å²) >= 11 is 0. The number of nitrogens with zero attached hydrogens (tertiary/aromatic N) is 3. The third-order valence-electron chi connectivity index (χ3n) is 3.29. The summed E-state index contributed by atoms with van der Waals surface area (Å²) in [4.78, 5) is 21.8. The van der Waals surface area contributed by atoms with Gasteiger partial charge in [-0.05, 0) is 0 Å². The Morgan fingerprint density at radius 3 is 3.05 bits per heavy atom. The van der Waals surface area contributed by atoms with Crippen LogP contribution in [0.2, 0.25) is 0 Å². The van der Waals surface area contributed by atoms with E-state index in [4.69, 9.17) is 15.6 Å². The summed E-state index contributed by atoms with van der Waals surface area (Å²) in [6, 6.07) is 0. The van der Waals surface area contributed by atoms with Crippen LogP contribution in [0.3, 0.4) is 0 Å². The lowest BCUT2D eigenvalue weighted by molar-refractivity contribution is -0.0422. The predicted octanol–water partition coefficient (Wildman–Crippen LogP) is -1.19. The quantitative estimate of drug-likeness (QED) is 0.546. The molecule has 10 heteroatoms. The van der Waals surface area contributed by atoms with Gasteiger partial charge in [0.1, 0.15) is 12.2 Å². The Balaban J connectivity index is 2.15. The number of fused-ring (bicyclic) bond motifs is 1. The summed E-state index contributed by atoms with van der Waals surface area (Å²) in [7, 11) is 0. The molecule has 0 aliphatic carbocycles. The first-order chi connectivity index (χ1) is 10.1. The van der Waals surface area contributed by atoms with Crippen LogP contribution in [0.15, 0.2) is 23.0 Å². The standard InChI is InChI=1S/C11H12FN5O4/c12-1-4-7(19)5(2-18)21-10(4)17-3-14-6-8(17)15-11(13)16-9(6)20/h1,3,5,7,10,18-19H,2H2,(H3,13,15,16,20)/b4-1+/t5-,7+,10-/m1/s1. The minimum Gasteiger partial charge on any atom is -0.394 e. The molecule has 3 atom stereocenters. The Kier molecular flexibility index (Phi) is 3.20. The SMILES string of the molecule is Nc1nc2c(ncn2[C@@H]2O[C@H](CO)[C@@H](O)/C2=C\F)c(=O)[nH]1. The molecule has 0 bridgehead atoms. The second-order valence-electron chi connectivity index (χ2n) is 4.54. The average Bonchev–Trinajstić information content (AvgIpc) is 2.99. The number of nitrogens with two attached hydrogens (primary N) is 1. The first-order valence-corrected chi connectivity index (χ1v) is 6.03. The second kappa shape index (κ2) is 4.91. The Morgan fingerprint density at radius 1 is 1.62 bits per heavy atom. The van der Waals surface area contributed by atoms with E-state index in [0.717, 1.165) is 0 Å². The van der Waals surface area contributed by atoms with Gasteiger partial charge >= 0.3 is 0 Å². The number of nitrogens with one attached hydrogen (secondary N) is 1. The predicted molar refractivity (Wildman–Crippen MR) is 68.8 cm³/mol. The fraction of sp³-hybridized carbons (Fsp3) is 0.364. The topological polar surface area (TPSA) is 139 Å². The molecule has 0 spiro atoms. The molecule has 2 aromatic rings. The number of aliphatic hydroxyl groups excluding tert-OH is 2. The molecule has 1 aliphatic heterocycles. The van der Waals surface area contributed by atoms with E-state index < -0.39 is 30.6 Å². The van der Waals surface area contributed by atoms with Crippen molar-refractivity contribution in [2.45, 2.75) is 18.4 Å². The maximum atomic E-state index is 13.0. The number of halogens is 1. The first kappa shape index (κ1) is 13.7. The molecule has 0 radical (unpaired) electrons. The lowest BCUT2D eigenvalue weighted by atomic mass is 10.1. The largest absolute Gasteiger partial charge is 0.394 e. The number of nitrogen functional groups attached to an aromatic ring is 1. The molecular weight excluding hydrogens is 285 g/mol. The van der Waals surface area contributed by atoms with Gasteiger partial charge in [0.2, 0.25) is 5.95 Å². The zero-order chi connectivity index (χ0) is 15.1. The van der Waals surface area contributed by atoms with Crippen molar-refractivity contribution in [1.82, 2.24) is 19.5 Å². The van der Waals surface area contributed by atoms with Crippen LogP contribution in [0.1, 0.15) is 6.23 Å². The number of hydrogen-bond donors (Lipinski definition) is 4. The van der Waals surface area contributed by atoms with Crippen LogP contribution in [0.5, 0.6) is 0 Å². The van der Waals surface area contributed by atoms with E-state index in [-0.39, 0.29) is 29.0 Å². The second-order valence-corrected chi connectivity index (χ2v) is 4.54. The molecule has 0 unspecified atom stereocenters. The van der Waals surface area contributed by atoms with E-state index in [1.807, 2.05) is 0 Å². The Bertz CT molecular complexity index is 770. The molecule has 2 aromatic heterocycles. The highest BCUT2D eigenvalue weighted by Crippen LogP contribution is 2.35. The van der Waals surface area contributed by atoms with E-state index in [2.05, 4.69) is 15.0 Å². The van der Waals surface area contributed by atoms with E-state index in [0.29, 0.717) is 0 Å². The van der Waals surface area contributed by atoms with E-state index in [9.17, 15) is 14.3 Å². The molecule has 0 amide bonds. The smallest absolute Gasteiger partial charge is 0.280 e. The van der Waals surface area contributed by atoms with Gasteiger partial charge in [0, 0.05) is 5.57 Å². The molecule has 9 nitrogen and oxygen atoms in total. The van der Waals surface area contributed by atoms with Crippen LogP contribution >= 0.6 is 0 Å². The maximum absolute atomic E-state index is 13.0. The fourth-order valence-electron chi connectivity index (χ4n) is 2.28. The highest BCUT2D eigenvalue weighted by Gasteiger charge is 2.40. The van der Waals surface area contributed by atoms with Gasteiger partial charge in [-0.1, -0.05) is 0 Å². The Morgan fingerprint density at radius 2 is 2.38 bits per heavy atom. The monoisotopic (exact) mass is 297 g/mol. The summed E-state index contributed by atoms with van der Waals surface area (Å²) in [6.45, 7) is -0.488. The zero-order valence-electron chi connectivity index (χ0n) is 10.6. The highest BCUT2D eigenvalue weighted by atomic mass is 19.1. The third kappa shape index (κ3) is 2.00. The van der Waals surface area contributed by atoms with E-state index in [1.165, 1.54) is 10.9 Å². The number of rotatable bonds is 2. The van der Waals surface area contributed by atoms with Crippen LogP contribution in [0.4, 0.5) is 10.3 Å². The Labute approximate surface area is 116 Å². The Hall–Kier alpha value is -2.30. The van der Waals surface area contributed by atoms with Gasteiger partial charge in [-0.15, -0.1) is 0 Å². The van der Waals surface area contributed by atoms with Crippen LogP contribution in [0.25, 0.3) is 11.2 Å². The molecular formula is C11H12FN5O4. The molecule has 1 fully saturated rings. The van der Waals surface area contributed by atoms with Gasteiger partial charge < -0.3 is 20.7 Å². The number of aromatic amines is 1. The third-order valence-corrected chi connectivity index (χ3v) is 3.29. The first-order valence-electron chi connectivity index (χ1n) is 6.03. The van der Waals surface area contributed by atoms with Crippen molar-refractivity contribution in [3.05, 3.63) is 28.6 Å². The van der Waals surface area contributed by atoms with Crippen LogP contribution < -0.4 is 11.3 Å². The van der Waals surface area contributed by atoms with Crippen LogP contribution in [-0.2, 0) is 4.74 Å². The van der Waals surface area contributed by atoms with E-state index in [1.54, 1.807) is 0 Å². The van der Waals surface area contributed by atoms with Crippen molar-refractivity contribution in [3.8, 4) is 0 Å². The van der Waals surface area contributed by atoms with Gasteiger partial charge in [-0.2, -0.15) is 4.98 Å². The van der Waals surface area contributed by atoms with Gasteiger partial charge in [0.25, 0.3) is 5.56 Å². The molecule has 0 saturated carbocycles. The number of H-pyrrole nitrogens is 1. The van der Waals surface area contributed by atoms with Gasteiger partial charge in [0.05, 0.1) is 19.3 Å². The average molecular weight is 297 g/mol. The minimum atomic E-state index is -1.30. The number of aromatic nitrogens is 4. The van der Waals surface area contributed by atoms with Crippen molar-refractivity contribution in [3.63, 3.8) is 0 Å². The van der Waals surface area contributed by atoms with Gasteiger partial charge in [-0.25, -0.2) is 9.37 Å². The summed E-state index contributed by atoms with van der Waals surface area (Å²) in [5.41, 5.74) is 4.92. The van der Waals surface area contributed by atoms with E-state index >= 15 is 0 Å². The van der Waals surface area contributed by atoms with Crippen LogP contribution in [0, 0.1) is 0 Å². The lowest BCUT2D eigenvalue weighted by Gasteiger charge is -2.13. The summed E-state index contributed by atoms with van der Waals surface area (Å²) in [5, 5.41) is 19.0. The summed E-state index contributed by atoms with van der Waals surface area (Å²) in [6.07, 6.45) is -1.92. The van der Waals surface area contributed by atoms with Crippen molar-refractivity contribution in [1.29, 1.82) is 0 Å². The number of imidazole rings is 1. The maximum Gasteiger partial charge on any atom is 0.280 e. The van der Waals surface area contributed by atoms with Crippen molar-refractivity contribution < 1.29 is 19.3 Å². The van der Waals surface area contributed by atoms with Crippen LogP contribution in [-0.4, -0.2) is 48.5 Å². The van der Waals surface area contributed by atoms with Gasteiger partial charge in [0.15, 0.2) is 17.4 Å². The van der Waals surface area contributed by atoms with Crippen molar-refractivity contribution >= 4 is 17.1 Å². The number of ether oxygens (including phenoxy) is 1. The molecule has 112 valence electrons. The lowest BCUT2D eigenvalue weighted by Crippen LogP contribution is -2.25. The number of aliphatic hydroxyl groups is 2. The molecule has 0 aromatic carbocycles. The minimum absolute atomic E-state index is 0.00736. The molecule has 3 rings (SSSR count). The molecule has 5 N–H and O–H groups in total. The number of anilines is 1. The van der Waals surface area contributed by atoms with Crippen molar-refractivity contribution in [2.75, 3.05) is 12.3 Å². The molecule has 1 aliphatic rings. The fourth-order valence-corrected chi connectivity index (χ4v) is 2.28. The summed E-state index contributed by atoms with van der Waals surface area (Å²) in [5.74, 6) is -0.128. The highest BCUT2D eigenvalue weighted by molar-refractivity contribution is 5.70. The molecule has 21 heavy (non-hydrogen) atoms. The summed E-state index contributed by atoms with van der Waals surface area (Å²) < 4.78 is 19.7. The molecule has 3 heterocycles. The van der Waals surface area contributed by atoms with Crippen molar-refractivity contribution in [2.24, 2.45) is 0 Å². The van der Waals surface area contributed by atoms with Gasteiger partial charge in [-0.3, -0.25) is 14.3 Å². The normalized spacial score (nSPS) is 27.8.